The van der Waals surface area contributed by atoms with E-state index in [2.05, 4.69) is 31.3 Å². The van der Waals surface area contributed by atoms with E-state index in [1.807, 2.05) is 36.4 Å². The zero-order valence-electron chi connectivity index (χ0n) is 9.51. The van der Waals surface area contributed by atoms with E-state index in [4.69, 9.17) is 11.6 Å². The molecule has 0 aliphatic heterocycles. The number of hydrogen-bond acceptors (Lipinski definition) is 2. The van der Waals surface area contributed by atoms with Crippen LogP contribution in [-0.2, 0) is 6.54 Å². The number of hydrogen-bond donors (Lipinski definition) is 1. The third kappa shape index (κ3) is 3.84. The molecule has 1 N–H and O–H groups in total. The Morgan fingerprint density at radius 3 is 2.67 bits per heavy atom. The summed E-state index contributed by atoms with van der Waals surface area (Å²) in [6, 6.07) is 11.4. The summed E-state index contributed by atoms with van der Waals surface area (Å²) >= 11 is 8.93. The normalized spacial score (nSPS) is 11.3. The monoisotopic (exact) mass is 324 g/mol. The fourth-order valence-electron chi connectivity index (χ4n) is 1.37. The molecule has 0 amide bonds. The van der Waals surface area contributed by atoms with E-state index in [9.17, 15) is 0 Å². The van der Waals surface area contributed by atoms with Crippen LogP contribution in [0.2, 0.25) is 5.02 Å². The van der Waals surface area contributed by atoms with Crippen LogP contribution in [0.25, 0.3) is 0 Å². The van der Waals surface area contributed by atoms with E-state index in [1.54, 1.807) is 12.4 Å². The van der Waals surface area contributed by atoms with Crippen molar-refractivity contribution in [3.8, 4) is 0 Å². The Morgan fingerprint density at radius 2 is 1.94 bits per heavy atom. The number of para-hydroxylation sites is 1. The van der Waals surface area contributed by atoms with Crippen molar-refractivity contribution in [3.05, 3.63) is 59.4 Å². The van der Waals surface area contributed by atoms with E-state index in [-0.39, 0.29) is 0 Å². The van der Waals surface area contributed by atoms with Crippen molar-refractivity contribution in [3.63, 3.8) is 0 Å². The van der Waals surface area contributed by atoms with Crippen LogP contribution < -0.4 is 5.32 Å². The van der Waals surface area contributed by atoms with Gasteiger partial charge in [0.2, 0.25) is 0 Å². The van der Waals surface area contributed by atoms with Gasteiger partial charge < -0.3 is 0 Å². The van der Waals surface area contributed by atoms with Crippen molar-refractivity contribution in [1.82, 2.24) is 4.98 Å². The summed E-state index contributed by atoms with van der Waals surface area (Å²) in [5.74, 6) is 0. The van der Waals surface area contributed by atoms with Gasteiger partial charge in [-0.3, -0.25) is 0 Å². The average molecular weight is 324 g/mol. The summed E-state index contributed by atoms with van der Waals surface area (Å²) in [6.45, 7) is 0.600. The van der Waals surface area contributed by atoms with Crippen LogP contribution in [0.3, 0.4) is 0 Å². The molecule has 0 aliphatic rings. The zero-order valence-corrected chi connectivity index (χ0v) is 12.0. The van der Waals surface area contributed by atoms with Crippen LogP contribution in [-0.4, -0.2) is 25.7 Å². The summed E-state index contributed by atoms with van der Waals surface area (Å²) in [7, 11) is 0. The van der Waals surface area contributed by atoms with Gasteiger partial charge in [0.05, 0.1) is 0 Å². The van der Waals surface area contributed by atoms with Gasteiger partial charge in [0.25, 0.3) is 0 Å². The molecule has 2 rings (SSSR count). The summed E-state index contributed by atoms with van der Waals surface area (Å²) in [4.78, 5) is 8.36. The molecule has 0 saturated heterocycles. The standard InChI is InChI=1S/C13H11ClN3Se/c14-11-3-1-2-4-12(11)17-13(18)16-9-10-5-7-15-8-6-10/h1-8H,9H2,(H,16,17). The molecule has 0 unspecified atom stereocenters. The molecule has 0 atom stereocenters. The van der Waals surface area contributed by atoms with Crippen LogP contribution in [0.15, 0.2) is 53.8 Å². The number of amidine groups is 1. The van der Waals surface area contributed by atoms with Gasteiger partial charge >= 0.3 is 119 Å². The van der Waals surface area contributed by atoms with Crippen LogP contribution in [0, 0.1) is 0 Å². The fraction of sp³-hybridized carbons (Fsp3) is 0.0769. The molecule has 1 heterocycles. The van der Waals surface area contributed by atoms with Crippen LogP contribution in [0.1, 0.15) is 5.56 Å². The van der Waals surface area contributed by atoms with E-state index >= 15 is 0 Å². The van der Waals surface area contributed by atoms with E-state index in [0.717, 1.165) is 11.3 Å². The van der Waals surface area contributed by atoms with E-state index < -0.39 is 0 Å². The molecule has 0 saturated carbocycles. The quantitative estimate of drug-likeness (QED) is 0.536. The Bertz CT molecular complexity index is 543. The molecule has 5 heteroatoms. The maximum absolute atomic E-state index is 6.05. The van der Waals surface area contributed by atoms with Crippen LogP contribution >= 0.6 is 11.6 Å². The molecule has 18 heavy (non-hydrogen) atoms. The summed E-state index contributed by atoms with van der Waals surface area (Å²) in [5, 5.41) is 3.80. The molecule has 2 aromatic rings. The molecule has 1 radical (unpaired) electrons. The van der Waals surface area contributed by atoms with E-state index in [1.165, 1.54) is 0 Å². The second kappa shape index (κ2) is 6.55. The first-order valence-corrected chi connectivity index (χ1v) is 6.61. The molecule has 0 fully saturated rings. The van der Waals surface area contributed by atoms with Gasteiger partial charge in [0, 0.05) is 0 Å². The first-order chi connectivity index (χ1) is 8.75. The van der Waals surface area contributed by atoms with Crippen molar-refractivity contribution in [2.45, 2.75) is 6.54 Å². The SMILES string of the molecule is Clc1ccccc1NC([Se])=NCc1ccncc1. The minimum absolute atomic E-state index is 0.600. The maximum atomic E-state index is 6.05. The number of nitrogens with zero attached hydrogens (tertiary/aromatic N) is 2. The van der Waals surface area contributed by atoms with Crippen molar-refractivity contribution < 1.29 is 0 Å². The number of anilines is 1. The Morgan fingerprint density at radius 1 is 1.22 bits per heavy atom. The molecule has 91 valence electrons. The number of aromatic nitrogens is 1. The van der Waals surface area contributed by atoms with Gasteiger partial charge in [-0.1, -0.05) is 0 Å². The van der Waals surface area contributed by atoms with Crippen LogP contribution in [0.5, 0.6) is 0 Å². The first-order valence-electron chi connectivity index (χ1n) is 5.37. The van der Waals surface area contributed by atoms with Crippen LogP contribution in [0.4, 0.5) is 5.69 Å². The van der Waals surface area contributed by atoms with Gasteiger partial charge in [0.1, 0.15) is 0 Å². The van der Waals surface area contributed by atoms with Crippen molar-refractivity contribution in [1.29, 1.82) is 0 Å². The molecule has 0 bridgehead atoms. The Kier molecular flexibility index (Phi) is 4.76. The number of benzene rings is 1. The molecule has 0 spiro atoms. The number of rotatable bonds is 3. The predicted octanol–water partition coefficient (Wildman–Crippen LogP) is 2.87. The second-order valence-electron chi connectivity index (χ2n) is 3.58. The summed E-state index contributed by atoms with van der Waals surface area (Å²) in [6.07, 6.45) is 3.51. The molecular weight excluding hydrogens is 313 g/mol. The number of pyridine rings is 1. The van der Waals surface area contributed by atoms with Gasteiger partial charge in [0.15, 0.2) is 0 Å². The van der Waals surface area contributed by atoms with Gasteiger partial charge in [-0.2, -0.15) is 0 Å². The molecule has 1 aromatic heterocycles. The summed E-state index contributed by atoms with van der Waals surface area (Å²) in [5.41, 5.74) is 1.95. The number of aliphatic imine (C=N–C) groups is 1. The topological polar surface area (TPSA) is 37.3 Å². The molecular formula is C13H11ClN3Se. The number of halogens is 1. The van der Waals surface area contributed by atoms with Crippen molar-refractivity contribution >= 4 is 38.0 Å². The van der Waals surface area contributed by atoms with Crippen molar-refractivity contribution in [2.75, 3.05) is 5.32 Å². The van der Waals surface area contributed by atoms with Gasteiger partial charge in [-0.05, 0) is 0 Å². The molecule has 0 aliphatic carbocycles. The van der Waals surface area contributed by atoms with Crippen molar-refractivity contribution in [2.24, 2.45) is 4.99 Å². The molecule has 3 nitrogen and oxygen atoms in total. The molecule has 1 aromatic carbocycles. The number of nitrogens with one attached hydrogen (secondary N) is 1. The average Bonchev–Trinajstić information content (AvgIpc) is 2.40. The fourth-order valence-corrected chi connectivity index (χ4v) is 1.92. The third-order valence-corrected chi connectivity index (χ3v) is 3.08. The minimum atomic E-state index is 0.600. The first kappa shape index (κ1) is 13.1. The Hall–Kier alpha value is -1.35. The Balaban J connectivity index is 2.00. The second-order valence-corrected chi connectivity index (χ2v) is 4.80. The van der Waals surface area contributed by atoms with Gasteiger partial charge in [-0.25, -0.2) is 0 Å². The van der Waals surface area contributed by atoms with Gasteiger partial charge in [-0.15, -0.1) is 0 Å². The Labute approximate surface area is 119 Å². The third-order valence-electron chi connectivity index (χ3n) is 2.27. The van der Waals surface area contributed by atoms with E-state index in [0.29, 0.717) is 16.3 Å². The summed E-state index contributed by atoms with van der Waals surface area (Å²) < 4.78 is 0.708. The predicted molar refractivity (Wildman–Crippen MR) is 76.2 cm³/mol. The zero-order chi connectivity index (χ0) is 12.8.